The molecule has 3 aromatic rings. The summed E-state index contributed by atoms with van der Waals surface area (Å²) in [6.07, 6.45) is -0.765. The molecule has 49 heavy (non-hydrogen) atoms. The third-order valence-corrected chi connectivity index (χ3v) is 7.91. The number of carbonyl (C=O) groups is 4. The fourth-order valence-electron chi connectivity index (χ4n) is 5.50. The zero-order chi connectivity index (χ0) is 36.0. The van der Waals surface area contributed by atoms with Gasteiger partial charge in [-0.2, -0.15) is 0 Å². The minimum Gasteiger partial charge on any atom is -0.444 e. The van der Waals surface area contributed by atoms with Gasteiger partial charge in [0, 0.05) is 5.92 Å². The number of nitrogens with two attached hydrogens (primary N) is 1. The van der Waals surface area contributed by atoms with Gasteiger partial charge in [-0.15, -0.1) is 0 Å². The van der Waals surface area contributed by atoms with Crippen LogP contribution in [0.4, 0.5) is 4.79 Å². The summed E-state index contributed by atoms with van der Waals surface area (Å²) in [4.78, 5) is 53.2. The molecule has 4 amide bonds. The van der Waals surface area contributed by atoms with E-state index in [0.29, 0.717) is 6.42 Å². The van der Waals surface area contributed by atoms with Crippen molar-refractivity contribution in [2.45, 2.75) is 96.6 Å². The Morgan fingerprint density at radius 2 is 1.18 bits per heavy atom. The summed E-state index contributed by atoms with van der Waals surface area (Å²) < 4.78 is 5.48. The van der Waals surface area contributed by atoms with Crippen molar-refractivity contribution in [2.24, 2.45) is 17.6 Å². The molecule has 0 saturated heterocycles. The second-order valence-electron chi connectivity index (χ2n) is 14.0. The van der Waals surface area contributed by atoms with Gasteiger partial charge in [-0.1, -0.05) is 105 Å². The van der Waals surface area contributed by atoms with E-state index in [4.69, 9.17) is 10.5 Å². The Kier molecular flexibility index (Phi) is 15.0. The van der Waals surface area contributed by atoms with Crippen LogP contribution in [0.5, 0.6) is 0 Å². The van der Waals surface area contributed by atoms with Gasteiger partial charge in [0.25, 0.3) is 0 Å². The first-order chi connectivity index (χ1) is 23.2. The van der Waals surface area contributed by atoms with Crippen LogP contribution in [-0.2, 0) is 38.4 Å². The maximum absolute atomic E-state index is 14.0. The summed E-state index contributed by atoms with van der Waals surface area (Å²) in [6, 6.07) is 25.3. The molecule has 0 aliphatic carbocycles. The van der Waals surface area contributed by atoms with Gasteiger partial charge in [-0.05, 0) is 75.5 Å². The van der Waals surface area contributed by atoms with Gasteiger partial charge in [0.1, 0.15) is 11.6 Å². The van der Waals surface area contributed by atoms with Gasteiger partial charge in [-0.25, -0.2) is 4.79 Å². The summed E-state index contributed by atoms with van der Waals surface area (Å²) in [5, 5.41) is 19.7. The molecule has 10 heteroatoms. The second-order valence-corrected chi connectivity index (χ2v) is 14.0. The van der Waals surface area contributed by atoms with Crippen LogP contribution in [0.25, 0.3) is 0 Å². The maximum Gasteiger partial charge on any atom is 0.407 e. The van der Waals surface area contributed by atoms with Gasteiger partial charge in [0.05, 0.1) is 18.2 Å². The Bertz CT molecular complexity index is 1480. The number of benzene rings is 3. The average Bonchev–Trinajstić information content (AvgIpc) is 3.04. The fraction of sp³-hybridized carbons (Fsp3) is 0.436. The number of amides is 4. The van der Waals surface area contributed by atoms with Crippen LogP contribution in [0, 0.1) is 11.8 Å². The van der Waals surface area contributed by atoms with Crippen molar-refractivity contribution >= 4 is 23.8 Å². The monoisotopic (exact) mass is 672 g/mol. The highest BCUT2D eigenvalue weighted by Gasteiger charge is 2.33. The molecule has 1 unspecified atom stereocenters. The zero-order valence-corrected chi connectivity index (χ0v) is 29.2. The predicted molar refractivity (Wildman–Crippen MR) is 190 cm³/mol. The Morgan fingerprint density at radius 1 is 0.694 bits per heavy atom. The quantitative estimate of drug-likeness (QED) is 0.150. The number of hydrogen-bond acceptors (Lipinski definition) is 7. The number of ether oxygens (including phenoxy) is 1. The fourth-order valence-corrected chi connectivity index (χ4v) is 5.50. The molecule has 10 nitrogen and oxygen atoms in total. The van der Waals surface area contributed by atoms with Crippen molar-refractivity contribution in [1.82, 2.24) is 16.0 Å². The number of nitrogens with one attached hydrogen (secondary N) is 3. The highest BCUT2D eigenvalue weighted by atomic mass is 16.6. The molecule has 0 aromatic heterocycles. The van der Waals surface area contributed by atoms with E-state index in [0.717, 1.165) is 16.7 Å². The number of aliphatic hydroxyl groups excluding tert-OH is 1. The van der Waals surface area contributed by atoms with Gasteiger partial charge < -0.3 is 26.2 Å². The molecule has 0 fully saturated rings. The summed E-state index contributed by atoms with van der Waals surface area (Å²) in [7, 11) is 0. The van der Waals surface area contributed by atoms with Crippen molar-refractivity contribution in [3.05, 3.63) is 108 Å². The molecule has 0 heterocycles. The highest BCUT2D eigenvalue weighted by molar-refractivity contribution is 6.01. The van der Waals surface area contributed by atoms with Crippen LogP contribution < -0.4 is 21.7 Å². The standard InChI is InChI=1S/C39H52N4O6/c1-26(2)21-33(37(47)43-36(46)31(40)23-28-17-11-7-12-18-28)41-35(45)30(22-27-15-9-6-10-16-27)25-34(44)32(24-29-19-13-8-14-20-29)42-38(48)49-39(3,4)5/h6-20,26,30-34,44H,21-25,40H2,1-5H3,(H,41,45)(H,42,48)(H,43,46,47)/t30-,31?,32+,33+,34+/m1/s1. The summed E-state index contributed by atoms with van der Waals surface area (Å²) >= 11 is 0. The van der Waals surface area contributed by atoms with Crippen molar-refractivity contribution in [3.8, 4) is 0 Å². The van der Waals surface area contributed by atoms with E-state index in [1.54, 1.807) is 20.8 Å². The molecule has 0 aliphatic heterocycles. The molecule has 0 spiro atoms. The third-order valence-electron chi connectivity index (χ3n) is 7.91. The predicted octanol–water partition coefficient (Wildman–Crippen LogP) is 4.48. The Labute approximate surface area is 290 Å². The van der Waals surface area contributed by atoms with Crippen molar-refractivity contribution in [3.63, 3.8) is 0 Å². The van der Waals surface area contributed by atoms with E-state index in [1.807, 2.05) is 105 Å². The lowest BCUT2D eigenvalue weighted by molar-refractivity contribution is -0.136. The minimum atomic E-state index is -1.15. The number of hydrogen-bond donors (Lipinski definition) is 5. The number of aliphatic hydroxyl groups is 1. The van der Waals surface area contributed by atoms with E-state index < -0.39 is 59.6 Å². The van der Waals surface area contributed by atoms with Crippen LogP contribution in [0.2, 0.25) is 0 Å². The first kappa shape index (κ1) is 38.9. The summed E-state index contributed by atoms with van der Waals surface area (Å²) in [6.45, 7) is 9.09. The van der Waals surface area contributed by atoms with Gasteiger partial charge in [0.15, 0.2) is 0 Å². The normalized spacial score (nSPS) is 14.5. The summed E-state index contributed by atoms with van der Waals surface area (Å²) in [5.74, 6) is -2.51. The molecule has 0 saturated carbocycles. The van der Waals surface area contributed by atoms with Crippen LogP contribution in [-0.4, -0.2) is 58.8 Å². The van der Waals surface area contributed by atoms with E-state index in [-0.39, 0.29) is 31.6 Å². The number of carbonyl (C=O) groups excluding carboxylic acids is 4. The van der Waals surface area contributed by atoms with Crippen molar-refractivity contribution in [1.29, 1.82) is 0 Å². The largest absolute Gasteiger partial charge is 0.444 e. The van der Waals surface area contributed by atoms with Gasteiger partial charge in [0.2, 0.25) is 17.7 Å². The minimum absolute atomic E-state index is 0.00981. The molecular formula is C39H52N4O6. The lowest BCUT2D eigenvalue weighted by Crippen LogP contribution is -2.54. The molecule has 0 aliphatic rings. The van der Waals surface area contributed by atoms with Crippen LogP contribution in [0.3, 0.4) is 0 Å². The summed E-state index contributed by atoms with van der Waals surface area (Å²) in [5.41, 5.74) is 7.98. The van der Waals surface area contributed by atoms with Crippen molar-refractivity contribution < 1.29 is 29.0 Å². The van der Waals surface area contributed by atoms with Crippen molar-refractivity contribution in [2.75, 3.05) is 0 Å². The Hall–Kier alpha value is -4.54. The third kappa shape index (κ3) is 14.2. The SMILES string of the molecule is CC(C)C[C@H](NC(=O)[C@H](Cc1ccccc1)C[C@H](O)[C@H](Cc1ccccc1)NC(=O)OC(C)(C)C)C(=O)NC(=O)C(N)Cc1ccccc1. The first-order valence-electron chi connectivity index (χ1n) is 16.9. The average molecular weight is 673 g/mol. The number of alkyl carbamates (subject to hydrolysis) is 1. The molecule has 0 bridgehead atoms. The molecule has 5 atom stereocenters. The van der Waals surface area contributed by atoms with Crippen LogP contribution in [0.15, 0.2) is 91.0 Å². The maximum atomic E-state index is 14.0. The van der Waals surface area contributed by atoms with Crippen LogP contribution in [0.1, 0.15) is 64.2 Å². The van der Waals surface area contributed by atoms with E-state index in [2.05, 4.69) is 16.0 Å². The molecule has 3 aromatic carbocycles. The number of rotatable bonds is 16. The molecule has 0 radical (unpaired) electrons. The molecular weight excluding hydrogens is 620 g/mol. The molecule has 3 rings (SSSR count). The van der Waals surface area contributed by atoms with E-state index in [9.17, 15) is 24.3 Å². The first-order valence-corrected chi connectivity index (χ1v) is 16.9. The lowest BCUT2D eigenvalue weighted by atomic mass is 9.88. The van der Waals surface area contributed by atoms with Gasteiger partial charge >= 0.3 is 6.09 Å². The smallest absolute Gasteiger partial charge is 0.407 e. The number of imide groups is 1. The van der Waals surface area contributed by atoms with E-state index >= 15 is 0 Å². The van der Waals surface area contributed by atoms with E-state index in [1.165, 1.54) is 0 Å². The Balaban J connectivity index is 1.80. The topological polar surface area (TPSA) is 160 Å². The van der Waals surface area contributed by atoms with Crippen LogP contribution >= 0.6 is 0 Å². The van der Waals surface area contributed by atoms with Gasteiger partial charge in [-0.3, -0.25) is 19.7 Å². The molecule has 264 valence electrons. The molecule has 6 N–H and O–H groups in total. The second kappa shape index (κ2) is 18.9. The zero-order valence-electron chi connectivity index (χ0n) is 29.2. The Morgan fingerprint density at radius 3 is 1.67 bits per heavy atom. The highest BCUT2D eigenvalue weighted by Crippen LogP contribution is 2.20. The lowest BCUT2D eigenvalue weighted by Gasteiger charge is -2.30.